The monoisotopic (exact) mass is 417 g/mol. The van der Waals surface area contributed by atoms with Crippen LogP contribution in [0.3, 0.4) is 0 Å². The van der Waals surface area contributed by atoms with Gasteiger partial charge in [-0.3, -0.25) is 19.3 Å². The van der Waals surface area contributed by atoms with Gasteiger partial charge in [-0.1, -0.05) is 35.9 Å². The summed E-state index contributed by atoms with van der Waals surface area (Å²) in [6.07, 6.45) is 0.438. The minimum atomic E-state index is -0.346. The van der Waals surface area contributed by atoms with E-state index in [9.17, 15) is 14.4 Å². The Hall–Kier alpha value is -3.69. The third-order valence-electron chi connectivity index (χ3n) is 5.01. The zero-order chi connectivity index (χ0) is 21.3. The van der Waals surface area contributed by atoms with Crippen LogP contribution in [0.15, 0.2) is 54.6 Å². The Bertz CT molecular complexity index is 1200. The van der Waals surface area contributed by atoms with E-state index in [1.54, 1.807) is 36.4 Å². The fourth-order valence-corrected chi connectivity index (χ4v) is 3.75. The van der Waals surface area contributed by atoms with Crippen molar-refractivity contribution in [2.75, 3.05) is 11.9 Å². The molecule has 1 aliphatic heterocycles. The summed E-state index contributed by atoms with van der Waals surface area (Å²) in [6, 6.07) is 17.4. The molecule has 0 radical (unpaired) electrons. The quantitative estimate of drug-likeness (QED) is 0.624. The normalized spacial score (nSPS) is 12.7. The molecule has 0 saturated carbocycles. The van der Waals surface area contributed by atoms with Crippen molar-refractivity contribution in [3.05, 3.63) is 76.3 Å². The maximum Gasteiger partial charge on any atom is 0.261 e. The second-order valence-electron chi connectivity index (χ2n) is 6.93. The molecule has 30 heavy (non-hydrogen) atoms. The number of hydrogen-bond donors (Lipinski definition) is 1. The Morgan fingerprint density at radius 3 is 2.33 bits per heavy atom. The molecule has 1 heterocycles. The molecule has 0 spiro atoms. The lowest BCUT2D eigenvalue weighted by Gasteiger charge is -2.27. The van der Waals surface area contributed by atoms with E-state index in [1.807, 2.05) is 18.2 Å². The number of imide groups is 1. The Balaban J connectivity index is 1.42. The maximum absolute atomic E-state index is 12.8. The van der Waals surface area contributed by atoms with Gasteiger partial charge in [-0.05, 0) is 42.1 Å². The van der Waals surface area contributed by atoms with Crippen LogP contribution in [0.5, 0.6) is 0 Å². The topological polar surface area (TPSA) is 90.3 Å². The molecule has 0 atom stereocenters. The van der Waals surface area contributed by atoms with Crippen molar-refractivity contribution in [3.8, 4) is 6.07 Å². The number of anilines is 1. The van der Waals surface area contributed by atoms with Gasteiger partial charge in [-0.2, -0.15) is 5.26 Å². The van der Waals surface area contributed by atoms with Gasteiger partial charge in [0, 0.05) is 35.2 Å². The van der Waals surface area contributed by atoms with Crippen LogP contribution in [-0.4, -0.2) is 29.2 Å². The van der Waals surface area contributed by atoms with E-state index in [0.717, 1.165) is 5.39 Å². The summed E-state index contributed by atoms with van der Waals surface area (Å²) >= 11 is 5.89. The van der Waals surface area contributed by atoms with Gasteiger partial charge < -0.3 is 5.32 Å². The summed E-state index contributed by atoms with van der Waals surface area (Å²) in [7, 11) is 0. The average Bonchev–Trinajstić information content (AvgIpc) is 2.75. The highest BCUT2D eigenvalue weighted by atomic mass is 35.5. The van der Waals surface area contributed by atoms with Crippen molar-refractivity contribution in [3.63, 3.8) is 0 Å². The van der Waals surface area contributed by atoms with Crippen molar-refractivity contribution < 1.29 is 14.4 Å². The molecule has 0 saturated heterocycles. The van der Waals surface area contributed by atoms with Crippen LogP contribution >= 0.6 is 11.6 Å². The lowest BCUT2D eigenvalue weighted by Crippen LogP contribution is -2.41. The fourth-order valence-electron chi connectivity index (χ4n) is 3.59. The summed E-state index contributed by atoms with van der Waals surface area (Å²) in [5, 5.41) is 13.6. The summed E-state index contributed by atoms with van der Waals surface area (Å²) in [5.74, 6) is -0.970. The van der Waals surface area contributed by atoms with Crippen LogP contribution in [0.4, 0.5) is 5.69 Å². The standard InChI is InChI=1S/C23H16ClN3O3/c24-19-10-9-16(12-15(19)13-25)26-20(28)8-3-11-27-22(29)17-6-1-4-14-5-2-7-18(21(14)17)23(27)30/h1-2,4-7,9-10,12H,3,8,11H2,(H,26,28). The van der Waals surface area contributed by atoms with Crippen LogP contribution in [0.1, 0.15) is 39.1 Å². The molecule has 6 nitrogen and oxygen atoms in total. The number of carbonyl (C=O) groups excluding carboxylic acids is 3. The molecular formula is C23H16ClN3O3. The van der Waals surface area contributed by atoms with Gasteiger partial charge in [0.15, 0.2) is 0 Å². The fraction of sp³-hybridized carbons (Fsp3) is 0.130. The first kappa shape index (κ1) is 19.6. The molecule has 148 valence electrons. The van der Waals surface area contributed by atoms with Gasteiger partial charge in [-0.25, -0.2) is 0 Å². The summed E-state index contributed by atoms with van der Waals surface area (Å²) in [6.45, 7) is 0.139. The first-order chi connectivity index (χ1) is 14.5. The van der Waals surface area contributed by atoms with E-state index in [2.05, 4.69) is 5.32 Å². The molecule has 0 fully saturated rings. The maximum atomic E-state index is 12.8. The van der Waals surface area contributed by atoms with Gasteiger partial charge in [0.05, 0.1) is 10.6 Å². The molecule has 0 unspecified atom stereocenters. The van der Waals surface area contributed by atoms with Crippen molar-refractivity contribution in [1.82, 2.24) is 4.90 Å². The predicted molar refractivity (Wildman–Crippen MR) is 113 cm³/mol. The van der Waals surface area contributed by atoms with Crippen LogP contribution in [0, 0.1) is 11.3 Å². The molecule has 7 heteroatoms. The third kappa shape index (κ3) is 3.51. The molecule has 0 aromatic heterocycles. The number of nitrogens with zero attached hydrogens (tertiary/aromatic N) is 2. The molecule has 3 amide bonds. The number of rotatable bonds is 5. The molecular weight excluding hydrogens is 402 g/mol. The lowest BCUT2D eigenvalue weighted by molar-refractivity contribution is -0.116. The highest BCUT2D eigenvalue weighted by Crippen LogP contribution is 2.30. The van der Waals surface area contributed by atoms with Crippen LogP contribution in [0.2, 0.25) is 5.02 Å². The third-order valence-corrected chi connectivity index (χ3v) is 5.34. The molecule has 0 aliphatic carbocycles. The number of nitriles is 1. The Morgan fingerprint density at radius 1 is 1.03 bits per heavy atom. The Kier molecular flexibility index (Phi) is 5.21. The van der Waals surface area contributed by atoms with Crippen molar-refractivity contribution in [2.24, 2.45) is 0 Å². The van der Waals surface area contributed by atoms with E-state index < -0.39 is 0 Å². The largest absolute Gasteiger partial charge is 0.326 e. The van der Waals surface area contributed by atoms with Crippen molar-refractivity contribution in [1.29, 1.82) is 5.26 Å². The lowest BCUT2D eigenvalue weighted by atomic mass is 9.94. The minimum absolute atomic E-state index is 0.118. The van der Waals surface area contributed by atoms with E-state index in [-0.39, 0.29) is 36.3 Å². The summed E-state index contributed by atoms with van der Waals surface area (Å²) in [4.78, 5) is 39.1. The smallest absolute Gasteiger partial charge is 0.261 e. The second kappa shape index (κ2) is 7.97. The van der Waals surface area contributed by atoms with Gasteiger partial charge in [0.1, 0.15) is 6.07 Å². The average molecular weight is 418 g/mol. The SMILES string of the molecule is N#Cc1cc(NC(=O)CCCN2C(=O)c3cccc4cccc(c34)C2=O)ccc1Cl. The molecule has 0 bridgehead atoms. The van der Waals surface area contributed by atoms with E-state index in [1.165, 1.54) is 11.0 Å². The van der Waals surface area contributed by atoms with Gasteiger partial charge in [0.25, 0.3) is 11.8 Å². The number of nitrogens with one attached hydrogen (secondary N) is 1. The molecule has 1 N–H and O–H groups in total. The van der Waals surface area contributed by atoms with Crippen LogP contribution in [-0.2, 0) is 4.79 Å². The number of halogens is 1. The van der Waals surface area contributed by atoms with Crippen LogP contribution in [0.25, 0.3) is 10.8 Å². The summed E-state index contributed by atoms with van der Waals surface area (Å²) in [5.41, 5.74) is 1.73. The molecule has 1 aliphatic rings. The van der Waals surface area contributed by atoms with Crippen molar-refractivity contribution >= 4 is 45.8 Å². The molecule has 3 aromatic rings. The predicted octanol–water partition coefficient (Wildman–Crippen LogP) is 4.38. The number of carbonyl (C=O) groups is 3. The number of benzene rings is 3. The van der Waals surface area contributed by atoms with Crippen molar-refractivity contribution in [2.45, 2.75) is 12.8 Å². The summed E-state index contributed by atoms with van der Waals surface area (Å²) < 4.78 is 0. The highest BCUT2D eigenvalue weighted by Gasteiger charge is 2.32. The Labute approximate surface area is 177 Å². The highest BCUT2D eigenvalue weighted by molar-refractivity contribution is 6.31. The van der Waals surface area contributed by atoms with Gasteiger partial charge in [0.2, 0.25) is 5.91 Å². The number of hydrogen-bond acceptors (Lipinski definition) is 4. The van der Waals surface area contributed by atoms with Crippen LogP contribution < -0.4 is 5.32 Å². The van der Waals surface area contributed by atoms with E-state index in [4.69, 9.17) is 16.9 Å². The first-order valence-electron chi connectivity index (χ1n) is 9.37. The number of amides is 3. The molecule has 4 rings (SSSR count). The minimum Gasteiger partial charge on any atom is -0.326 e. The van der Waals surface area contributed by atoms with E-state index in [0.29, 0.717) is 33.6 Å². The van der Waals surface area contributed by atoms with Gasteiger partial charge >= 0.3 is 0 Å². The Morgan fingerprint density at radius 2 is 1.70 bits per heavy atom. The first-order valence-corrected chi connectivity index (χ1v) is 9.75. The van der Waals surface area contributed by atoms with Gasteiger partial charge in [-0.15, -0.1) is 0 Å². The molecule has 3 aromatic carbocycles. The zero-order valence-corrected chi connectivity index (χ0v) is 16.6. The van der Waals surface area contributed by atoms with E-state index >= 15 is 0 Å². The second-order valence-corrected chi connectivity index (χ2v) is 7.34. The zero-order valence-electron chi connectivity index (χ0n) is 15.8.